The van der Waals surface area contributed by atoms with E-state index >= 15 is 0 Å². The molecule has 0 saturated carbocycles. The number of nitrogens with one attached hydrogen (secondary N) is 1. The Labute approximate surface area is 132 Å². The molecule has 7 heteroatoms. The van der Waals surface area contributed by atoms with E-state index < -0.39 is 4.92 Å². The second-order valence-electron chi connectivity index (χ2n) is 4.86. The van der Waals surface area contributed by atoms with Crippen molar-refractivity contribution in [2.24, 2.45) is 0 Å². The zero-order valence-electron chi connectivity index (χ0n) is 12.4. The summed E-state index contributed by atoms with van der Waals surface area (Å²) < 4.78 is 18.1. The number of benzene rings is 2. The number of nitro benzene ring substituents is 1. The van der Waals surface area contributed by atoms with Gasteiger partial charge < -0.3 is 10.1 Å². The highest BCUT2D eigenvalue weighted by Crippen LogP contribution is 2.22. The van der Waals surface area contributed by atoms with Crippen LogP contribution >= 0.6 is 0 Å². The summed E-state index contributed by atoms with van der Waals surface area (Å²) in [5.41, 5.74) is 1.03. The Hall–Kier alpha value is -2.96. The van der Waals surface area contributed by atoms with Gasteiger partial charge in [-0.15, -0.1) is 0 Å². The van der Waals surface area contributed by atoms with Crippen LogP contribution in [0.25, 0.3) is 0 Å². The molecule has 2 aromatic rings. The maximum atomic E-state index is 12.7. The highest BCUT2D eigenvalue weighted by atomic mass is 19.1. The number of nitrogens with zero attached hydrogens (tertiary/aromatic N) is 1. The van der Waals surface area contributed by atoms with Gasteiger partial charge in [-0.1, -0.05) is 6.07 Å². The average molecular weight is 318 g/mol. The van der Waals surface area contributed by atoms with Gasteiger partial charge in [-0.2, -0.15) is 0 Å². The first-order chi connectivity index (χ1) is 11.0. The zero-order valence-corrected chi connectivity index (χ0v) is 12.4. The molecule has 0 aliphatic carbocycles. The number of hydrogen-bond donors (Lipinski definition) is 1. The maximum Gasteiger partial charge on any atom is 0.271 e. The van der Waals surface area contributed by atoms with Gasteiger partial charge >= 0.3 is 0 Å². The fourth-order valence-electron chi connectivity index (χ4n) is 1.86. The van der Waals surface area contributed by atoms with Crippen LogP contribution in [0, 0.1) is 22.9 Å². The van der Waals surface area contributed by atoms with E-state index in [-0.39, 0.29) is 30.4 Å². The fourth-order valence-corrected chi connectivity index (χ4v) is 1.86. The Kier molecular flexibility index (Phi) is 5.24. The molecule has 2 aromatic carbocycles. The van der Waals surface area contributed by atoms with Crippen LogP contribution in [-0.4, -0.2) is 17.4 Å². The predicted molar refractivity (Wildman–Crippen MR) is 83.0 cm³/mol. The van der Waals surface area contributed by atoms with Crippen LogP contribution < -0.4 is 10.1 Å². The highest BCUT2D eigenvalue weighted by Gasteiger charge is 2.11. The second kappa shape index (κ2) is 7.35. The number of non-ortho nitro benzene ring substituents is 1. The van der Waals surface area contributed by atoms with E-state index in [0.717, 1.165) is 5.56 Å². The van der Waals surface area contributed by atoms with Crippen LogP contribution in [0.4, 0.5) is 15.8 Å². The minimum atomic E-state index is -0.521. The molecule has 0 radical (unpaired) electrons. The summed E-state index contributed by atoms with van der Waals surface area (Å²) >= 11 is 0. The molecule has 0 atom stereocenters. The molecule has 6 nitrogen and oxygen atoms in total. The minimum Gasteiger partial charge on any atom is -0.493 e. The van der Waals surface area contributed by atoms with Gasteiger partial charge in [0.05, 0.1) is 23.6 Å². The van der Waals surface area contributed by atoms with Crippen LogP contribution in [-0.2, 0) is 4.79 Å². The first kappa shape index (κ1) is 16.4. The minimum absolute atomic E-state index is 0.0690. The van der Waals surface area contributed by atoms with Crippen molar-refractivity contribution in [2.45, 2.75) is 13.3 Å². The van der Waals surface area contributed by atoms with Crippen LogP contribution in [0.2, 0.25) is 0 Å². The van der Waals surface area contributed by atoms with Gasteiger partial charge in [-0.3, -0.25) is 14.9 Å². The summed E-state index contributed by atoms with van der Waals surface area (Å²) in [5, 5.41) is 13.4. The lowest BCUT2D eigenvalue weighted by Crippen LogP contribution is -2.16. The normalized spacial score (nSPS) is 10.2. The van der Waals surface area contributed by atoms with Gasteiger partial charge in [0.25, 0.3) is 5.69 Å². The Morgan fingerprint density at radius 1 is 1.26 bits per heavy atom. The standard InChI is InChI=1S/C16H15FN2O4/c1-11-2-5-13(19(21)22)10-15(11)18-16(20)8-9-23-14-6-3-12(17)4-7-14/h2-7,10H,8-9H2,1H3,(H,18,20). The van der Waals surface area contributed by atoms with E-state index in [2.05, 4.69) is 5.32 Å². The highest BCUT2D eigenvalue weighted by molar-refractivity contribution is 5.91. The third-order valence-electron chi connectivity index (χ3n) is 3.12. The number of rotatable bonds is 6. The Balaban J connectivity index is 1.88. The Morgan fingerprint density at radius 3 is 2.61 bits per heavy atom. The van der Waals surface area contributed by atoms with Crippen molar-refractivity contribution in [1.82, 2.24) is 0 Å². The molecule has 0 unspecified atom stereocenters. The molecular formula is C16H15FN2O4. The average Bonchev–Trinajstić information content (AvgIpc) is 2.51. The van der Waals surface area contributed by atoms with Crippen LogP contribution in [0.3, 0.4) is 0 Å². The zero-order chi connectivity index (χ0) is 16.8. The van der Waals surface area contributed by atoms with Crippen LogP contribution in [0.5, 0.6) is 5.75 Å². The Bertz CT molecular complexity index is 717. The van der Waals surface area contributed by atoms with Gasteiger partial charge in [-0.25, -0.2) is 4.39 Å². The number of carbonyl (C=O) groups excluding carboxylic acids is 1. The number of halogens is 1. The third kappa shape index (κ3) is 4.77. The lowest BCUT2D eigenvalue weighted by Gasteiger charge is -2.09. The topological polar surface area (TPSA) is 81.5 Å². The molecule has 0 heterocycles. The van der Waals surface area contributed by atoms with E-state index in [0.29, 0.717) is 11.4 Å². The molecule has 0 aromatic heterocycles. The van der Waals surface area contributed by atoms with Crippen molar-refractivity contribution >= 4 is 17.3 Å². The number of nitro groups is 1. The van der Waals surface area contributed by atoms with Crippen LogP contribution in [0.1, 0.15) is 12.0 Å². The van der Waals surface area contributed by atoms with Crippen LogP contribution in [0.15, 0.2) is 42.5 Å². The number of ether oxygens (including phenoxy) is 1. The van der Waals surface area contributed by atoms with Crippen molar-refractivity contribution in [3.05, 3.63) is 64.0 Å². The summed E-state index contributed by atoms with van der Waals surface area (Å²) in [6.45, 7) is 1.86. The van der Waals surface area contributed by atoms with Gasteiger partial charge in [0.2, 0.25) is 5.91 Å². The van der Waals surface area contributed by atoms with E-state index in [1.165, 1.54) is 36.4 Å². The van der Waals surface area contributed by atoms with Gasteiger partial charge in [-0.05, 0) is 36.8 Å². The number of carbonyl (C=O) groups is 1. The molecule has 0 aliphatic rings. The molecule has 120 valence electrons. The molecule has 1 N–H and O–H groups in total. The lowest BCUT2D eigenvalue weighted by molar-refractivity contribution is -0.384. The van der Waals surface area contributed by atoms with Crippen molar-refractivity contribution in [2.75, 3.05) is 11.9 Å². The quantitative estimate of drug-likeness (QED) is 0.653. The summed E-state index contributed by atoms with van der Waals surface area (Å²) in [6.07, 6.45) is 0.0690. The van der Waals surface area contributed by atoms with Crippen molar-refractivity contribution in [1.29, 1.82) is 0 Å². The van der Waals surface area contributed by atoms with E-state index in [1.54, 1.807) is 13.0 Å². The molecular weight excluding hydrogens is 303 g/mol. The molecule has 0 aliphatic heterocycles. The largest absolute Gasteiger partial charge is 0.493 e. The smallest absolute Gasteiger partial charge is 0.271 e. The summed E-state index contributed by atoms with van der Waals surface area (Å²) in [6, 6.07) is 9.74. The van der Waals surface area contributed by atoms with Gasteiger partial charge in [0.1, 0.15) is 11.6 Å². The first-order valence-electron chi connectivity index (χ1n) is 6.89. The number of anilines is 1. The lowest BCUT2D eigenvalue weighted by atomic mass is 10.2. The predicted octanol–water partition coefficient (Wildman–Crippen LogP) is 3.45. The molecule has 0 fully saturated rings. The summed E-state index contributed by atoms with van der Waals surface area (Å²) in [7, 11) is 0. The SMILES string of the molecule is Cc1ccc([N+](=O)[O-])cc1NC(=O)CCOc1ccc(F)cc1. The Morgan fingerprint density at radius 2 is 1.96 bits per heavy atom. The number of aryl methyl sites for hydroxylation is 1. The summed E-state index contributed by atoms with van der Waals surface area (Å²) in [4.78, 5) is 22.1. The number of amides is 1. The van der Waals surface area contributed by atoms with Gasteiger partial charge in [0.15, 0.2) is 0 Å². The summed E-state index contributed by atoms with van der Waals surface area (Å²) in [5.74, 6) is -0.224. The molecule has 0 bridgehead atoms. The van der Waals surface area contributed by atoms with E-state index in [4.69, 9.17) is 4.74 Å². The van der Waals surface area contributed by atoms with E-state index in [1.807, 2.05) is 0 Å². The molecule has 23 heavy (non-hydrogen) atoms. The van der Waals surface area contributed by atoms with Gasteiger partial charge in [0, 0.05) is 12.1 Å². The molecule has 0 saturated heterocycles. The second-order valence-corrected chi connectivity index (χ2v) is 4.86. The van der Waals surface area contributed by atoms with E-state index in [9.17, 15) is 19.3 Å². The molecule has 2 rings (SSSR count). The maximum absolute atomic E-state index is 12.7. The monoisotopic (exact) mass is 318 g/mol. The fraction of sp³-hybridized carbons (Fsp3) is 0.188. The molecule has 0 spiro atoms. The van der Waals surface area contributed by atoms with Crippen molar-refractivity contribution in [3.8, 4) is 5.75 Å². The molecule has 1 amide bonds. The third-order valence-corrected chi connectivity index (χ3v) is 3.12. The first-order valence-corrected chi connectivity index (χ1v) is 6.89. The van der Waals surface area contributed by atoms with Crippen molar-refractivity contribution in [3.63, 3.8) is 0 Å². The number of hydrogen-bond acceptors (Lipinski definition) is 4. The van der Waals surface area contributed by atoms with Crippen molar-refractivity contribution < 1.29 is 18.8 Å².